The Morgan fingerprint density at radius 1 is 0.463 bits per heavy atom. The molecule has 7 unspecified atom stereocenters. The van der Waals surface area contributed by atoms with Crippen LogP contribution in [0.1, 0.15) is 210 Å². The average molecular weight is 803 g/mol. The third-order valence-corrected chi connectivity index (χ3v) is 13.4. The van der Waals surface area contributed by atoms with Crippen molar-refractivity contribution in [1.82, 2.24) is 0 Å². The molecule has 10 heteroatoms. The van der Waals surface area contributed by atoms with Gasteiger partial charge in [-0.2, -0.15) is 8.42 Å². The zero-order chi connectivity index (χ0) is 39.9. The Kier molecular flexibility index (Phi) is 35.8. The van der Waals surface area contributed by atoms with Gasteiger partial charge in [0, 0.05) is 11.4 Å². The van der Waals surface area contributed by atoms with Crippen molar-refractivity contribution in [3.05, 3.63) is 0 Å². The van der Waals surface area contributed by atoms with Gasteiger partial charge in [-0.25, -0.2) is 0 Å². The third kappa shape index (κ3) is 28.3. The van der Waals surface area contributed by atoms with E-state index in [4.69, 9.17) is 0 Å². The predicted octanol–water partition coefficient (Wildman–Crippen LogP) is 4.45. The van der Waals surface area contributed by atoms with Crippen LogP contribution in [-0.2, 0) is 19.7 Å². The van der Waals surface area contributed by atoms with Gasteiger partial charge < -0.3 is 19.8 Å². The molecule has 0 radical (unpaired) electrons. The molecular formula is C44H84Na2O7S. The fraction of sp³-hybridized carbons (Fsp3) is 0.955. The molecule has 54 heavy (non-hydrogen) atoms. The van der Waals surface area contributed by atoms with Crippen LogP contribution in [0.2, 0.25) is 0 Å². The molecule has 0 aliphatic carbocycles. The first kappa shape index (κ1) is 59.2. The van der Waals surface area contributed by atoms with Crippen LogP contribution in [0.25, 0.3) is 0 Å². The van der Waals surface area contributed by atoms with Gasteiger partial charge >= 0.3 is 59.1 Å². The molecule has 7 atom stereocenters. The molecule has 0 aliphatic rings. The van der Waals surface area contributed by atoms with Crippen LogP contribution in [-0.4, -0.2) is 30.2 Å². The average Bonchev–Trinajstić information content (AvgIpc) is 3.01. The monoisotopic (exact) mass is 803 g/mol. The van der Waals surface area contributed by atoms with Crippen molar-refractivity contribution < 1.29 is 91.9 Å². The van der Waals surface area contributed by atoms with Crippen LogP contribution in [0.3, 0.4) is 0 Å². The van der Waals surface area contributed by atoms with Crippen molar-refractivity contribution in [2.75, 3.05) is 0 Å². The van der Waals surface area contributed by atoms with Crippen molar-refractivity contribution in [2.24, 2.45) is 52.8 Å². The van der Waals surface area contributed by atoms with Crippen molar-refractivity contribution >= 4 is 22.1 Å². The smallest absolute Gasteiger partial charge is 0.549 e. The second-order valence-electron chi connectivity index (χ2n) is 18.7. The van der Waals surface area contributed by atoms with Crippen LogP contribution in [0.5, 0.6) is 0 Å². The number of carboxylic acids is 2. The summed E-state index contributed by atoms with van der Waals surface area (Å²) < 4.78 is 34.7. The van der Waals surface area contributed by atoms with E-state index in [1.54, 1.807) is 0 Å². The molecule has 0 saturated carbocycles. The van der Waals surface area contributed by atoms with Crippen LogP contribution in [0, 0.1) is 52.8 Å². The Morgan fingerprint density at radius 3 is 0.870 bits per heavy atom. The number of aliphatic carboxylic acids is 2. The van der Waals surface area contributed by atoms with Crippen molar-refractivity contribution in [2.45, 2.75) is 216 Å². The third-order valence-electron chi connectivity index (χ3n) is 12.1. The molecule has 0 amide bonds. The summed E-state index contributed by atoms with van der Waals surface area (Å²) in [5.41, 5.74) is -2.26. The van der Waals surface area contributed by atoms with Crippen LogP contribution in [0.15, 0.2) is 0 Å². The number of carbonyl (C=O) groups is 2. The number of carboxylic acid groups (broad SMARTS) is 2. The summed E-state index contributed by atoms with van der Waals surface area (Å²) in [7, 11) is -5.25. The molecule has 0 aliphatic heterocycles. The topological polar surface area (TPSA) is 135 Å². The van der Waals surface area contributed by atoms with Crippen molar-refractivity contribution in [1.29, 1.82) is 0 Å². The fourth-order valence-corrected chi connectivity index (χ4v) is 9.36. The molecule has 0 fully saturated rings. The summed E-state index contributed by atoms with van der Waals surface area (Å²) in [6.45, 7) is 22.4. The van der Waals surface area contributed by atoms with E-state index in [0.29, 0.717) is 24.7 Å². The maximum Gasteiger partial charge on any atom is 1.00 e. The molecular weight excluding hydrogens is 719 g/mol. The largest absolute Gasteiger partial charge is 1.00 e. The molecule has 0 aromatic rings. The predicted molar refractivity (Wildman–Crippen MR) is 214 cm³/mol. The van der Waals surface area contributed by atoms with Gasteiger partial charge in [-0.15, -0.1) is 0 Å². The molecule has 0 saturated heterocycles. The molecule has 0 heterocycles. The molecule has 7 nitrogen and oxygen atoms in total. The number of hydrogen-bond acceptors (Lipinski definition) is 6. The van der Waals surface area contributed by atoms with E-state index in [1.165, 1.54) is 77.0 Å². The zero-order valence-electron chi connectivity index (χ0n) is 37.6. The van der Waals surface area contributed by atoms with Gasteiger partial charge in [-0.1, -0.05) is 185 Å². The van der Waals surface area contributed by atoms with Crippen molar-refractivity contribution in [3.63, 3.8) is 0 Å². The summed E-state index contributed by atoms with van der Waals surface area (Å²) in [4.78, 5) is 24.9. The number of rotatable bonds is 34. The van der Waals surface area contributed by atoms with Gasteiger partial charge in [-0.05, 0) is 73.0 Å². The van der Waals surface area contributed by atoms with E-state index < -0.39 is 32.7 Å². The minimum atomic E-state index is -5.25. The minimum absolute atomic E-state index is 0. The second kappa shape index (κ2) is 32.7. The first-order valence-electron chi connectivity index (χ1n) is 21.6. The first-order valence-corrected chi connectivity index (χ1v) is 23.1. The number of hydrogen-bond donors (Lipinski definition) is 1. The van der Waals surface area contributed by atoms with E-state index >= 15 is 0 Å². The first-order chi connectivity index (χ1) is 24.2. The maximum atomic E-state index is 12.7. The Morgan fingerprint density at radius 2 is 0.685 bits per heavy atom. The quantitative estimate of drug-likeness (QED) is 0.0751. The van der Waals surface area contributed by atoms with Gasteiger partial charge in [0.1, 0.15) is 5.25 Å². The summed E-state index contributed by atoms with van der Waals surface area (Å²) in [5, 5.41) is 22.3. The SMILES string of the molecule is CC(C)CCCC(C)CCCC(C)CCCC(C)CCC(CCC(C)CCCC(C)CCCC(C)CCCC(C)C)(C(=O)[O-])C(C(=O)[O-])S(=O)(=O)O.[Na+].[Na+]. The molecule has 0 aromatic carbocycles. The van der Waals surface area contributed by atoms with Gasteiger partial charge in [0.05, 0.1) is 5.97 Å². The molecule has 0 aromatic heterocycles. The molecule has 1 N–H and O–H groups in total. The van der Waals surface area contributed by atoms with E-state index in [1.807, 2.05) is 13.8 Å². The van der Waals surface area contributed by atoms with E-state index in [-0.39, 0.29) is 83.8 Å². The summed E-state index contributed by atoms with van der Waals surface area (Å²) in [6.07, 6.45) is 21.2. The number of carbonyl (C=O) groups excluding carboxylic acids is 2. The standard InChI is InChI=1S/C44H86O7S.2Na/c1-33(2)17-11-19-35(5)21-13-23-37(7)25-15-27-39(9)29-31-44(43(47)48,41(42(45)46)52(49,50)51)32-30-40(10)28-16-26-38(8)24-14-22-36(6)20-12-18-34(3)4;;/h33-41H,11-32H2,1-10H3,(H,45,46)(H,47,48)(H,49,50,51);;/q;2*+1/p-2. The summed E-state index contributed by atoms with van der Waals surface area (Å²) in [5.74, 6) is 0.542. The Balaban J connectivity index is -0.0000130. The Hall–Kier alpha value is 0.850. The maximum absolute atomic E-state index is 12.7. The van der Waals surface area contributed by atoms with Gasteiger partial charge in [0.25, 0.3) is 10.1 Å². The normalized spacial score (nSPS) is 17.1. The summed E-state index contributed by atoms with van der Waals surface area (Å²) >= 11 is 0. The van der Waals surface area contributed by atoms with E-state index in [2.05, 4.69) is 55.4 Å². The summed E-state index contributed by atoms with van der Waals surface area (Å²) in [6, 6.07) is 0. The van der Waals surface area contributed by atoms with Crippen LogP contribution in [0.4, 0.5) is 0 Å². The zero-order valence-corrected chi connectivity index (χ0v) is 42.4. The second-order valence-corrected chi connectivity index (χ2v) is 20.2. The Labute approximate surface area is 379 Å². The van der Waals surface area contributed by atoms with E-state index in [9.17, 15) is 32.8 Å². The molecule has 0 rings (SSSR count). The molecule has 0 spiro atoms. The minimum Gasteiger partial charge on any atom is -0.549 e. The van der Waals surface area contributed by atoms with Gasteiger partial charge in [0.2, 0.25) is 0 Å². The van der Waals surface area contributed by atoms with Crippen LogP contribution >= 0.6 is 0 Å². The van der Waals surface area contributed by atoms with Crippen molar-refractivity contribution in [3.8, 4) is 0 Å². The molecule has 310 valence electrons. The Bertz CT molecular complexity index is 1000. The van der Waals surface area contributed by atoms with Gasteiger partial charge in [0.15, 0.2) is 0 Å². The van der Waals surface area contributed by atoms with Crippen LogP contribution < -0.4 is 69.3 Å². The molecule has 0 bridgehead atoms. The van der Waals surface area contributed by atoms with E-state index in [0.717, 1.165) is 62.2 Å². The van der Waals surface area contributed by atoms with Gasteiger partial charge in [-0.3, -0.25) is 4.55 Å². The fourth-order valence-electron chi connectivity index (χ4n) is 8.21.